The SMILES string of the molecule is COC1CCCCC1(O)c1c(-c2ccc(C(=O)O)cc2)c2c(F)c(N)c(C=N)cc2n1-c1ccc(F)cc1. The van der Waals surface area contributed by atoms with Crippen molar-refractivity contribution in [2.24, 2.45) is 0 Å². The lowest BCUT2D eigenvalue weighted by molar-refractivity contribution is -0.125. The molecule has 0 amide bonds. The highest BCUT2D eigenvalue weighted by Gasteiger charge is 2.46. The molecule has 196 valence electrons. The molecule has 3 aromatic carbocycles. The number of nitrogens with zero attached hydrogens (tertiary/aromatic N) is 1. The van der Waals surface area contributed by atoms with Crippen LogP contribution < -0.4 is 5.73 Å². The molecule has 1 heterocycles. The van der Waals surface area contributed by atoms with Gasteiger partial charge < -0.3 is 30.7 Å². The van der Waals surface area contributed by atoms with Crippen molar-refractivity contribution < 1.29 is 28.5 Å². The Labute approximate surface area is 217 Å². The van der Waals surface area contributed by atoms with Gasteiger partial charge in [-0.15, -0.1) is 0 Å². The molecule has 5 rings (SSSR count). The van der Waals surface area contributed by atoms with Gasteiger partial charge in [-0.3, -0.25) is 0 Å². The molecule has 0 spiro atoms. The number of aliphatic hydroxyl groups is 1. The molecule has 2 atom stereocenters. The molecule has 1 saturated carbocycles. The van der Waals surface area contributed by atoms with Gasteiger partial charge >= 0.3 is 5.97 Å². The van der Waals surface area contributed by atoms with E-state index in [4.69, 9.17) is 15.9 Å². The smallest absolute Gasteiger partial charge is 0.335 e. The third kappa shape index (κ3) is 3.95. The summed E-state index contributed by atoms with van der Waals surface area (Å²) in [5.74, 6) is -2.34. The molecule has 1 aliphatic carbocycles. The average Bonchev–Trinajstić information content (AvgIpc) is 3.27. The fourth-order valence-electron chi connectivity index (χ4n) is 5.59. The molecule has 7 nitrogen and oxygen atoms in total. The van der Waals surface area contributed by atoms with E-state index in [0.29, 0.717) is 47.3 Å². The molecule has 0 saturated heterocycles. The van der Waals surface area contributed by atoms with Gasteiger partial charge in [0.25, 0.3) is 0 Å². The van der Waals surface area contributed by atoms with Crippen LogP contribution in [0.5, 0.6) is 0 Å². The normalized spacial score (nSPS) is 19.5. The minimum absolute atomic E-state index is 0.0507. The number of benzene rings is 3. The summed E-state index contributed by atoms with van der Waals surface area (Å²) in [7, 11) is 1.51. The highest BCUT2D eigenvalue weighted by molar-refractivity contribution is 6.05. The zero-order chi connectivity index (χ0) is 27.2. The van der Waals surface area contributed by atoms with Crippen molar-refractivity contribution in [3.63, 3.8) is 0 Å². The average molecular weight is 520 g/mol. The maximum Gasteiger partial charge on any atom is 0.335 e. The zero-order valence-corrected chi connectivity index (χ0v) is 20.7. The number of nitrogen functional groups attached to an aromatic ring is 1. The molecule has 2 unspecified atom stereocenters. The Morgan fingerprint density at radius 1 is 1.16 bits per heavy atom. The number of hydrogen-bond acceptors (Lipinski definition) is 5. The highest BCUT2D eigenvalue weighted by Crippen LogP contribution is 2.49. The third-order valence-corrected chi connectivity index (χ3v) is 7.43. The maximum absolute atomic E-state index is 16.1. The molecule has 0 radical (unpaired) electrons. The minimum Gasteiger partial charge on any atom is -0.478 e. The molecule has 1 fully saturated rings. The Bertz CT molecular complexity index is 1550. The number of halogens is 2. The van der Waals surface area contributed by atoms with Crippen LogP contribution in [0.2, 0.25) is 0 Å². The van der Waals surface area contributed by atoms with E-state index in [9.17, 15) is 19.4 Å². The number of rotatable bonds is 6. The Morgan fingerprint density at radius 2 is 1.84 bits per heavy atom. The van der Waals surface area contributed by atoms with Crippen LogP contribution in [0.3, 0.4) is 0 Å². The number of nitrogens with one attached hydrogen (secondary N) is 1. The lowest BCUT2D eigenvalue weighted by atomic mass is 9.77. The monoisotopic (exact) mass is 519 g/mol. The van der Waals surface area contributed by atoms with Gasteiger partial charge in [0.05, 0.1) is 28.6 Å². The molecular formula is C29H27F2N3O4. The number of aromatic nitrogens is 1. The molecule has 0 bridgehead atoms. The summed E-state index contributed by atoms with van der Waals surface area (Å²) in [6.07, 6.45) is 2.73. The summed E-state index contributed by atoms with van der Waals surface area (Å²) in [6.45, 7) is 0. The molecule has 0 aliphatic heterocycles. The molecule has 5 N–H and O–H groups in total. The van der Waals surface area contributed by atoms with Crippen LogP contribution in [0.4, 0.5) is 14.5 Å². The number of ether oxygens (including phenoxy) is 1. The number of hydrogen-bond donors (Lipinski definition) is 4. The third-order valence-electron chi connectivity index (χ3n) is 7.43. The molecule has 1 aliphatic rings. The number of carboxylic acids is 1. The number of fused-ring (bicyclic) bond motifs is 1. The predicted octanol–water partition coefficient (Wildman–Crippen LogP) is 5.63. The maximum atomic E-state index is 16.1. The first kappa shape index (κ1) is 25.6. The van der Waals surface area contributed by atoms with E-state index in [0.717, 1.165) is 12.6 Å². The van der Waals surface area contributed by atoms with E-state index < -0.39 is 29.3 Å². The van der Waals surface area contributed by atoms with Gasteiger partial charge in [0, 0.05) is 35.5 Å². The molecule has 9 heteroatoms. The number of aromatic carboxylic acids is 1. The molecule has 38 heavy (non-hydrogen) atoms. The summed E-state index contributed by atoms with van der Waals surface area (Å²) < 4.78 is 37.5. The lowest BCUT2D eigenvalue weighted by Crippen LogP contribution is -2.45. The largest absolute Gasteiger partial charge is 0.478 e. The van der Waals surface area contributed by atoms with Crippen molar-refractivity contribution in [1.29, 1.82) is 5.41 Å². The zero-order valence-electron chi connectivity index (χ0n) is 20.7. The molecular weight excluding hydrogens is 492 g/mol. The second-order valence-electron chi connectivity index (χ2n) is 9.54. The van der Waals surface area contributed by atoms with Gasteiger partial charge in [-0.05, 0) is 67.3 Å². The van der Waals surface area contributed by atoms with Crippen molar-refractivity contribution in [2.75, 3.05) is 12.8 Å². The van der Waals surface area contributed by atoms with Crippen LogP contribution in [0.25, 0.3) is 27.7 Å². The van der Waals surface area contributed by atoms with Crippen molar-refractivity contribution in [2.45, 2.75) is 37.4 Å². The predicted molar refractivity (Wildman–Crippen MR) is 141 cm³/mol. The van der Waals surface area contributed by atoms with Crippen LogP contribution in [-0.2, 0) is 10.3 Å². The van der Waals surface area contributed by atoms with Crippen molar-refractivity contribution in [1.82, 2.24) is 4.57 Å². The standard InChI is InChI=1S/C29H27F2N3O4/c1-38-22-4-2-3-13-29(22,37)27-23(16-5-7-17(8-6-16)28(35)36)24-21(14-18(15-32)26(33)25(24)31)34(27)20-11-9-19(30)10-12-20/h5-12,14-15,22,32,37H,2-4,13,33H2,1H3,(H,35,36). The van der Waals surface area contributed by atoms with E-state index in [2.05, 4.69) is 0 Å². The Balaban J connectivity index is 1.99. The summed E-state index contributed by atoms with van der Waals surface area (Å²) >= 11 is 0. The van der Waals surface area contributed by atoms with E-state index in [-0.39, 0.29) is 22.2 Å². The van der Waals surface area contributed by atoms with Crippen LogP contribution in [-0.4, -0.2) is 40.2 Å². The van der Waals surface area contributed by atoms with Crippen LogP contribution in [0.15, 0.2) is 54.6 Å². The second kappa shape index (κ2) is 9.66. The van der Waals surface area contributed by atoms with Gasteiger partial charge in [0.2, 0.25) is 0 Å². The Kier molecular flexibility index (Phi) is 6.50. The molecule has 1 aromatic heterocycles. The van der Waals surface area contributed by atoms with Crippen LogP contribution in [0, 0.1) is 17.0 Å². The van der Waals surface area contributed by atoms with E-state index in [1.165, 1.54) is 43.5 Å². The van der Waals surface area contributed by atoms with Gasteiger partial charge in [-0.2, -0.15) is 0 Å². The first-order chi connectivity index (χ1) is 18.2. The summed E-state index contributed by atoms with van der Waals surface area (Å²) in [4.78, 5) is 11.5. The second-order valence-corrected chi connectivity index (χ2v) is 9.54. The first-order valence-electron chi connectivity index (χ1n) is 12.2. The van der Waals surface area contributed by atoms with Crippen molar-refractivity contribution >= 4 is 28.8 Å². The van der Waals surface area contributed by atoms with E-state index in [1.54, 1.807) is 22.8 Å². The number of nitrogens with two attached hydrogens (primary N) is 1. The quantitative estimate of drug-likeness (QED) is 0.194. The molecule has 4 aromatic rings. The number of carboxylic acid groups (broad SMARTS) is 1. The topological polar surface area (TPSA) is 122 Å². The van der Waals surface area contributed by atoms with Gasteiger partial charge in [0.1, 0.15) is 11.4 Å². The number of methoxy groups -OCH3 is 1. The van der Waals surface area contributed by atoms with Crippen LogP contribution >= 0.6 is 0 Å². The summed E-state index contributed by atoms with van der Waals surface area (Å²) in [5, 5.41) is 29.7. The van der Waals surface area contributed by atoms with Gasteiger partial charge in [-0.1, -0.05) is 18.6 Å². The fourth-order valence-corrected chi connectivity index (χ4v) is 5.59. The van der Waals surface area contributed by atoms with Crippen molar-refractivity contribution in [3.05, 3.63) is 83.1 Å². The number of carbonyl (C=O) groups is 1. The van der Waals surface area contributed by atoms with E-state index in [1.807, 2.05) is 0 Å². The van der Waals surface area contributed by atoms with Gasteiger partial charge in [-0.25, -0.2) is 13.6 Å². The van der Waals surface area contributed by atoms with Crippen molar-refractivity contribution in [3.8, 4) is 16.8 Å². The Morgan fingerprint density at radius 3 is 2.45 bits per heavy atom. The Hall–Kier alpha value is -4.08. The van der Waals surface area contributed by atoms with Crippen LogP contribution in [0.1, 0.15) is 47.3 Å². The summed E-state index contributed by atoms with van der Waals surface area (Å²) in [5.41, 5.74) is 6.41. The fraction of sp³-hybridized carbons (Fsp3) is 0.241. The summed E-state index contributed by atoms with van der Waals surface area (Å²) in [6, 6.07) is 13.1. The minimum atomic E-state index is -1.58. The number of anilines is 1. The lowest BCUT2D eigenvalue weighted by Gasteiger charge is -2.40. The highest BCUT2D eigenvalue weighted by atomic mass is 19.1. The van der Waals surface area contributed by atoms with Gasteiger partial charge in [0.15, 0.2) is 5.82 Å². The van der Waals surface area contributed by atoms with E-state index >= 15 is 4.39 Å². The first-order valence-corrected chi connectivity index (χ1v) is 12.2.